The molecule has 1 heterocycles. The Balaban J connectivity index is 1.92. The first-order valence-corrected chi connectivity index (χ1v) is 10.6. The number of ketones is 1. The molecule has 0 radical (unpaired) electrons. The minimum atomic E-state index is -0.476. The third kappa shape index (κ3) is 5.28. The summed E-state index contributed by atoms with van der Waals surface area (Å²) in [5.41, 5.74) is 1.68. The number of thiophene rings is 1. The molecule has 160 valence electrons. The number of hydrogen-bond acceptors (Lipinski definition) is 7. The molecule has 1 N–H and O–H groups in total. The molecule has 8 heteroatoms. The Hall–Kier alpha value is -3.23. The van der Waals surface area contributed by atoms with E-state index < -0.39 is 11.8 Å². The van der Waals surface area contributed by atoms with Crippen LogP contribution in [0.4, 0.5) is 5.69 Å². The van der Waals surface area contributed by atoms with E-state index in [2.05, 4.69) is 5.32 Å². The van der Waals surface area contributed by atoms with Gasteiger partial charge in [-0.25, -0.2) is 4.79 Å². The monoisotopic (exact) mass is 455 g/mol. The minimum absolute atomic E-state index is 0.0572. The summed E-state index contributed by atoms with van der Waals surface area (Å²) in [4.78, 5) is 26.6. The number of benzene rings is 2. The number of carbonyl (C=O) groups excluding carboxylic acids is 2. The highest BCUT2D eigenvalue weighted by atomic mass is 32.1. The van der Waals surface area contributed by atoms with E-state index in [-0.39, 0.29) is 11.6 Å². The molecule has 0 fully saturated rings. The molecule has 0 bridgehead atoms. The maximum Gasteiger partial charge on any atom is 0.350 e. The second kappa shape index (κ2) is 10.2. The summed E-state index contributed by atoms with van der Waals surface area (Å²) in [5.74, 6) is 0.0455. The maximum absolute atomic E-state index is 12.9. The third-order valence-electron chi connectivity index (χ3n) is 4.32. The van der Waals surface area contributed by atoms with E-state index >= 15 is 0 Å². The van der Waals surface area contributed by atoms with Crippen LogP contribution in [-0.4, -0.2) is 37.6 Å². The molecule has 0 aliphatic rings. The topological polar surface area (TPSA) is 73.9 Å². The molecule has 0 spiro atoms. The molecule has 3 aromatic rings. The van der Waals surface area contributed by atoms with Crippen LogP contribution in [0.1, 0.15) is 27.0 Å². The van der Waals surface area contributed by atoms with Crippen molar-refractivity contribution in [3.8, 4) is 21.9 Å². The van der Waals surface area contributed by atoms with Crippen LogP contribution in [0.15, 0.2) is 54.6 Å². The molecule has 0 saturated heterocycles. The van der Waals surface area contributed by atoms with Crippen LogP contribution in [0.5, 0.6) is 11.5 Å². The summed E-state index contributed by atoms with van der Waals surface area (Å²) in [6.45, 7) is 1.98. The Morgan fingerprint density at radius 3 is 2.23 bits per heavy atom. The average Bonchev–Trinajstić information content (AvgIpc) is 3.22. The van der Waals surface area contributed by atoms with Crippen molar-refractivity contribution in [2.75, 3.05) is 26.1 Å². The van der Waals surface area contributed by atoms with E-state index in [1.165, 1.54) is 25.6 Å². The van der Waals surface area contributed by atoms with Crippen molar-refractivity contribution < 1.29 is 23.8 Å². The molecule has 31 heavy (non-hydrogen) atoms. The number of nitrogens with one attached hydrogen (secondary N) is 1. The Kier molecular flexibility index (Phi) is 7.38. The van der Waals surface area contributed by atoms with Gasteiger partial charge in [0, 0.05) is 16.5 Å². The number of methoxy groups -OCH3 is 2. The number of esters is 1. The van der Waals surface area contributed by atoms with Crippen molar-refractivity contribution in [2.24, 2.45) is 0 Å². The molecule has 6 nitrogen and oxygen atoms in total. The number of thiocarbonyl (C=S) groups is 1. The molecule has 1 aromatic heterocycles. The molecule has 3 rings (SSSR count). The van der Waals surface area contributed by atoms with Gasteiger partial charge in [-0.15, -0.1) is 11.3 Å². The van der Waals surface area contributed by atoms with Gasteiger partial charge >= 0.3 is 5.97 Å². The van der Waals surface area contributed by atoms with Gasteiger partial charge in [-0.1, -0.05) is 42.5 Å². The van der Waals surface area contributed by atoms with Gasteiger partial charge in [0.1, 0.15) is 16.4 Å². The van der Waals surface area contributed by atoms with Crippen molar-refractivity contribution >= 4 is 46.0 Å². The highest BCUT2D eigenvalue weighted by molar-refractivity contribution is 7.82. The van der Waals surface area contributed by atoms with Gasteiger partial charge < -0.3 is 19.5 Å². The van der Waals surface area contributed by atoms with E-state index in [0.717, 1.165) is 10.4 Å². The summed E-state index contributed by atoms with van der Waals surface area (Å²) < 4.78 is 15.6. The summed E-state index contributed by atoms with van der Waals surface area (Å²) in [6.07, 6.45) is 0. The van der Waals surface area contributed by atoms with Gasteiger partial charge in [-0.2, -0.15) is 0 Å². The lowest BCUT2D eigenvalue weighted by molar-refractivity contribution is 0.0533. The van der Waals surface area contributed by atoms with Crippen LogP contribution >= 0.6 is 23.6 Å². The van der Waals surface area contributed by atoms with Crippen molar-refractivity contribution in [2.45, 2.75) is 6.92 Å². The smallest absolute Gasteiger partial charge is 0.350 e. The molecule has 0 atom stereocenters. The molecule has 0 unspecified atom stereocenters. The normalized spacial score (nSPS) is 10.3. The van der Waals surface area contributed by atoms with Crippen molar-refractivity contribution in [1.29, 1.82) is 0 Å². The first-order valence-electron chi connectivity index (χ1n) is 9.42. The summed E-state index contributed by atoms with van der Waals surface area (Å²) in [5, 5.41) is 2.92. The highest BCUT2D eigenvalue weighted by Gasteiger charge is 2.22. The van der Waals surface area contributed by atoms with Crippen LogP contribution in [0.25, 0.3) is 10.4 Å². The molecule has 0 aliphatic heterocycles. The number of rotatable bonds is 8. The van der Waals surface area contributed by atoms with Crippen LogP contribution in [0.2, 0.25) is 0 Å². The fourth-order valence-corrected chi connectivity index (χ4v) is 4.07. The first-order chi connectivity index (χ1) is 15.0. The molecule has 0 saturated carbocycles. The van der Waals surface area contributed by atoms with E-state index in [0.29, 0.717) is 27.6 Å². The second-order valence-corrected chi connectivity index (χ2v) is 7.78. The fourth-order valence-electron chi connectivity index (χ4n) is 2.83. The van der Waals surface area contributed by atoms with Gasteiger partial charge in [0.05, 0.1) is 26.5 Å². The zero-order valence-corrected chi connectivity index (χ0v) is 18.9. The van der Waals surface area contributed by atoms with E-state index in [1.807, 2.05) is 30.3 Å². The summed E-state index contributed by atoms with van der Waals surface area (Å²) in [7, 11) is 3.00. The lowest BCUT2D eigenvalue weighted by atomic mass is 10.1. The first kappa shape index (κ1) is 22.5. The minimum Gasteiger partial charge on any atom is -0.497 e. The summed E-state index contributed by atoms with van der Waals surface area (Å²) in [6, 6.07) is 16.2. The van der Waals surface area contributed by atoms with Crippen LogP contribution in [0.3, 0.4) is 0 Å². The molecule has 2 aromatic carbocycles. The van der Waals surface area contributed by atoms with E-state index in [4.69, 9.17) is 26.4 Å². The number of hydrogen-bond donors (Lipinski definition) is 1. The summed E-state index contributed by atoms with van der Waals surface area (Å²) >= 11 is 6.62. The number of carbonyl (C=O) groups is 2. The zero-order valence-electron chi connectivity index (χ0n) is 17.3. The standard InChI is InChI=1S/C23H21NO5S2/c1-4-29-23(26)21-18(13-19(31-21)14-8-6-5-7-9-14)24-22(30)20(25)15-10-16(27-2)12-17(11-15)28-3/h5-13H,4H2,1-3H3,(H,24,30). The lowest BCUT2D eigenvalue weighted by Gasteiger charge is -2.10. The van der Waals surface area contributed by atoms with Gasteiger partial charge in [0.2, 0.25) is 5.78 Å². The van der Waals surface area contributed by atoms with Gasteiger partial charge in [-0.3, -0.25) is 4.79 Å². The van der Waals surface area contributed by atoms with E-state index in [9.17, 15) is 9.59 Å². The highest BCUT2D eigenvalue weighted by Crippen LogP contribution is 2.35. The van der Waals surface area contributed by atoms with Crippen molar-refractivity contribution in [3.63, 3.8) is 0 Å². The van der Waals surface area contributed by atoms with Crippen molar-refractivity contribution in [3.05, 3.63) is 65.0 Å². The zero-order chi connectivity index (χ0) is 22.4. The Morgan fingerprint density at radius 2 is 1.65 bits per heavy atom. The molecular weight excluding hydrogens is 434 g/mol. The number of ether oxygens (including phenoxy) is 3. The Morgan fingerprint density at radius 1 is 1.00 bits per heavy atom. The molecule has 0 amide bonds. The average molecular weight is 456 g/mol. The predicted octanol–water partition coefficient (Wildman–Crippen LogP) is 5.23. The predicted molar refractivity (Wildman–Crippen MR) is 126 cm³/mol. The van der Waals surface area contributed by atoms with Crippen LogP contribution in [-0.2, 0) is 4.74 Å². The number of Topliss-reactive ketones (excluding diaryl/α,β-unsaturated/α-hetero) is 1. The van der Waals surface area contributed by atoms with Gasteiger partial charge in [0.25, 0.3) is 0 Å². The fraction of sp³-hybridized carbons (Fsp3) is 0.174. The molecule has 0 aliphatic carbocycles. The Bertz CT molecular complexity index is 1090. The molecular formula is C23H21NO5S2. The Labute approximate surface area is 189 Å². The maximum atomic E-state index is 12.9. The second-order valence-electron chi connectivity index (χ2n) is 6.32. The quantitative estimate of drug-likeness (QED) is 0.283. The lowest BCUT2D eigenvalue weighted by Crippen LogP contribution is -2.22. The SMILES string of the molecule is CCOC(=O)c1sc(-c2ccccc2)cc1NC(=S)C(=O)c1cc(OC)cc(OC)c1. The number of anilines is 1. The van der Waals surface area contributed by atoms with Gasteiger partial charge in [0.15, 0.2) is 4.99 Å². The van der Waals surface area contributed by atoms with Gasteiger partial charge in [-0.05, 0) is 30.7 Å². The van der Waals surface area contributed by atoms with Crippen LogP contribution < -0.4 is 14.8 Å². The van der Waals surface area contributed by atoms with E-state index in [1.54, 1.807) is 31.2 Å². The third-order valence-corrected chi connectivity index (χ3v) is 5.77. The largest absolute Gasteiger partial charge is 0.497 e. The van der Waals surface area contributed by atoms with Crippen molar-refractivity contribution in [1.82, 2.24) is 0 Å². The van der Waals surface area contributed by atoms with Crippen LogP contribution in [0, 0.1) is 0 Å².